The van der Waals surface area contributed by atoms with Crippen LogP contribution in [-0.4, -0.2) is 18.6 Å². The average Bonchev–Trinajstić information content (AvgIpc) is 3.18. The summed E-state index contributed by atoms with van der Waals surface area (Å²) in [6.07, 6.45) is 3.60. The van der Waals surface area contributed by atoms with Gasteiger partial charge < -0.3 is 0 Å². The fourth-order valence-corrected chi connectivity index (χ4v) is 6.48. The molecule has 2 heterocycles. The van der Waals surface area contributed by atoms with Crippen molar-refractivity contribution in [1.82, 2.24) is 0 Å². The fourth-order valence-electron chi connectivity index (χ4n) is 3.51. The van der Waals surface area contributed by atoms with E-state index in [4.69, 9.17) is 0 Å². The molecule has 2 rings (SSSR count). The normalized spacial score (nSPS) is 14.9. The summed E-state index contributed by atoms with van der Waals surface area (Å²) in [6, 6.07) is 5.07. The second kappa shape index (κ2) is 9.67. The first kappa shape index (κ1) is 25.3. The van der Waals surface area contributed by atoms with Crippen LogP contribution >= 0.6 is 22.7 Å². The van der Waals surface area contributed by atoms with E-state index in [0.717, 1.165) is 0 Å². The monoisotopic (exact) mass is 486 g/mol. The van der Waals surface area contributed by atoms with E-state index in [9.17, 15) is 0 Å². The second-order valence-electron chi connectivity index (χ2n) is 10.8. The number of thiophene rings is 2. The third-order valence-electron chi connectivity index (χ3n) is 6.50. The Balaban J connectivity index is 2.55. The Morgan fingerprint density at radius 3 is 1.97 bits per heavy atom. The van der Waals surface area contributed by atoms with Gasteiger partial charge >= 0.3 is 200 Å². The van der Waals surface area contributed by atoms with Crippen molar-refractivity contribution in [2.45, 2.75) is 104 Å². The van der Waals surface area contributed by atoms with Gasteiger partial charge in [0.15, 0.2) is 0 Å². The van der Waals surface area contributed by atoms with Crippen LogP contribution in [0.5, 0.6) is 0 Å². The molecule has 0 aliphatic heterocycles. The molecule has 2 aromatic rings. The Hall–Kier alpha value is 0.0364. The Morgan fingerprint density at radius 2 is 1.48 bits per heavy atom. The molecule has 0 N–H and O–H groups in total. The van der Waals surface area contributed by atoms with Crippen molar-refractivity contribution in [2.75, 3.05) is 0 Å². The molecule has 0 saturated carbocycles. The van der Waals surface area contributed by atoms with Gasteiger partial charge in [-0.25, -0.2) is 0 Å². The average molecular weight is 487 g/mol. The van der Waals surface area contributed by atoms with Crippen molar-refractivity contribution in [3.8, 4) is 9.75 Å². The van der Waals surface area contributed by atoms with Crippen molar-refractivity contribution in [3.63, 3.8) is 0 Å². The van der Waals surface area contributed by atoms with Gasteiger partial charge in [0.1, 0.15) is 0 Å². The summed E-state index contributed by atoms with van der Waals surface area (Å²) in [7, 11) is 0. The van der Waals surface area contributed by atoms with Crippen LogP contribution in [0.1, 0.15) is 108 Å². The molecule has 0 aliphatic rings. The summed E-state index contributed by atoms with van der Waals surface area (Å²) >= 11 is 6.00. The maximum atomic E-state index is 2.55. The zero-order chi connectivity index (χ0) is 22.1. The van der Waals surface area contributed by atoms with Crippen LogP contribution in [0.3, 0.4) is 0 Å². The van der Waals surface area contributed by atoms with Crippen molar-refractivity contribution in [3.05, 3.63) is 33.0 Å². The van der Waals surface area contributed by atoms with Crippen LogP contribution in [0.2, 0.25) is 3.97 Å². The van der Waals surface area contributed by atoms with Crippen molar-refractivity contribution >= 4 is 41.3 Å². The number of hydrogen-bond acceptors (Lipinski definition) is 2. The summed E-state index contributed by atoms with van der Waals surface area (Å²) in [4.78, 5) is 6.19. The molecule has 0 bridgehead atoms. The van der Waals surface area contributed by atoms with E-state index in [1.807, 2.05) is 29.9 Å². The van der Waals surface area contributed by atoms with Gasteiger partial charge in [-0.05, 0) is 0 Å². The summed E-state index contributed by atoms with van der Waals surface area (Å²) in [6.45, 7) is 23.7. The quantitative estimate of drug-likeness (QED) is 0.309. The van der Waals surface area contributed by atoms with Gasteiger partial charge in [-0.2, -0.15) is 0 Å². The maximum absolute atomic E-state index is 2.55. The molecule has 0 fully saturated rings. The van der Waals surface area contributed by atoms with Gasteiger partial charge in [0, 0.05) is 0 Å². The van der Waals surface area contributed by atoms with Crippen LogP contribution in [0, 0.1) is 11.3 Å². The van der Waals surface area contributed by atoms with Crippen molar-refractivity contribution in [2.24, 2.45) is 11.3 Å². The zero-order valence-corrected chi connectivity index (χ0v) is 24.5. The molecular weight excluding hydrogens is 446 g/mol. The first-order valence-electron chi connectivity index (χ1n) is 11.3. The van der Waals surface area contributed by atoms with E-state index in [1.165, 1.54) is 29.0 Å². The molecule has 0 spiro atoms. The summed E-state index contributed by atoms with van der Waals surface area (Å²) in [5, 5.41) is 0. The van der Waals surface area contributed by atoms with Gasteiger partial charge in [0.05, 0.1) is 0 Å². The third-order valence-corrected chi connectivity index (χ3v) is 11.5. The first-order chi connectivity index (χ1) is 13.3. The number of rotatable bonds is 9. The van der Waals surface area contributed by atoms with E-state index < -0.39 is 0 Å². The van der Waals surface area contributed by atoms with E-state index >= 15 is 0 Å². The molecule has 160 valence electrons. The molecule has 1 atom stereocenters. The molecular formula is C26H41GaS2. The molecule has 29 heavy (non-hydrogen) atoms. The Bertz CT molecular complexity index is 803. The molecule has 0 amide bonds. The molecule has 2 radical (unpaired) electrons. The summed E-state index contributed by atoms with van der Waals surface area (Å²) in [5.41, 5.74) is 3.53. The minimum atomic E-state index is 0.367. The second-order valence-corrected chi connectivity index (χ2v) is 15.8. The molecule has 0 saturated heterocycles. The molecule has 2 aromatic heterocycles. The van der Waals surface area contributed by atoms with Crippen molar-refractivity contribution < 1.29 is 0 Å². The van der Waals surface area contributed by atoms with Crippen LogP contribution in [0.25, 0.3) is 9.75 Å². The molecule has 0 nitrogen and oxygen atoms in total. The predicted octanol–water partition coefficient (Wildman–Crippen LogP) is 9.25. The topological polar surface area (TPSA) is 0 Å². The molecule has 0 aliphatic carbocycles. The van der Waals surface area contributed by atoms with Gasteiger partial charge in [0.2, 0.25) is 0 Å². The van der Waals surface area contributed by atoms with Gasteiger partial charge in [0.25, 0.3) is 0 Å². The van der Waals surface area contributed by atoms with Crippen LogP contribution in [0.15, 0.2) is 12.1 Å². The predicted molar refractivity (Wildman–Crippen MR) is 136 cm³/mol. The zero-order valence-electron chi connectivity index (χ0n) is 20.4. The van der Waals surface area contributed by atoms with Crippen LogP contribution in [-0.2, 0) is 12.8 Å². The number of hydrogen-bond donors (Lipinski definition) is 0. The van der Waals surface area contributed by atoms with Gasteiger partial charge in [-0.1, -0.05) is 0 Å². The van der Waals surface area contributed by atoms with E-state index in [0.29, 0.717) is 27.1 Å². The SMILES string of the molecule is CCC(C)(C)Cc1cc(-c2sc(C(C)C)cc2C[C](C)([Ga])C(C)C)sc1C(C)C. The van der Waals surface area contributed by atoms with Crippen molar-refractivity contribution in [1.29, 1.82) is 0 Å². The Morgan fingerprint density at radius 1 is 0.862 bits per heavy atom. The van der Waals surface area contributed by atoms with Crippen LogP contribution in [0.4, 0.5) is 0 Å². The minimum absolute atomic E-state index is 0.367. The summed E-state index contributed by atoms with van der Waals surface area (Å²) < 4.78 is 0.377. The fraction of sp³-hybridized carbons (Fsp3) is 0.692. The van der Waals surface area contributed by atoms with Gasteiger partial charge in [-0.3, -0.25) is 0 Å². The van der Waals surface area contributed by atoms with E-state index in [-0.39, 0.29) is 0 Å². The molecule has 3 heteroatoms. The first-order valence-corrected chi connectivity index (χ1v) is 14.2. The van der Waals surface area contributed by atoms with Gasteiger partial charge in [-0.15, -0.1) is 0 Å². The van der Waals surface area contributed by atoms with E-state index in [1.54, 1.807) is 20.9 Å². The molecule has 0 aromatic carbocycles. The third kappa shape index (κ3) is 6.27. The van der Waals surface area contributed by atoms with E-state index in [2.05, 4.69) is 92.7 Å². The standard InChI is InChI=1S/C26H41S2.Ga/c1-11-26(9,10)15-21-14-23(28-24(21)18(6)7)25-20(12-19(8)16(2)3)13-22(27-25)17(4)5;/h13-14,16-18H,11-12,15H2,1-10H3;. The molecule has 1 unspecified atom stereocenters. The summed E-state index contributed by atoms with van der Waals surface area (Å²) in [5.74, 6) is 1.90. The Labute approximate surface area is 198 Å². The van der Waals surface area contributed by atoms with Crippen LogP contribution < -0.4 is 0 Å². The Kier molecular flexibility index (Phi) is 8.44.